The fraction of sp³-hybridized carbons (Fsp3) is 0.0455. The Kier molecular flexibility index (Phi) is 5.14. The minimum absolute atomic E-state index is 0.0589. The number of para-hydroxylation sites is 1. The van der Waals surface area contributed by atoms with E-state index in [4.69, 9.17) is 0 Å². The molecule has 0 aliphatic carbocycles. The number of phenols is 1. The highest BCUT2D eigenvalue weighted by atomic mass is 79.9. The van der Waals surface area contributed by atoms with Crippen LogP contribution in [0.4, 0.5) is 5.69 Å². The first-order chi connectivity index (χ1) is 14.0. The highest BCUT2D eigenvalue weighted by Gasteiger charge is 2.34. The lowest BCUT2D eigenvalue weighted by molar-refractivity contribution is -0.112. The summed E-state index contributed by atoms with van der Waals surface area (Å²) in [7, 11) is 0. The molecule has 144 valence electrons. The Morgan fingerprint density at radius 2 is 1.76 bits per heavy atom. The third kappa shape index (κ3) is 3.77. The molecule has 3 aromatic rings. The van der Waals surface area contributed by atoms with Crippen molar-refractivity contribution in [2.75, 3.05) is 4.90 Å². The van der Waals surface area contributed by atoms with Crippen molar-refractivity contribution in [3.05, 3.63) is 94.0 Å². The first-order valence-corrected chi connectivity index (χ1v) is 9.65. The summed E-state index contributed by atoms with van der Waals surface area (Å²) in [5, 5.41) is 14.0. The Bertz CT molecular complexity index is 1130. The SMILES string of the molecule is O=C(N/N=C1\C(=O)N(Cc2ccccc2)c2ccccc21)c1cc(Br)ccc1O. The van der Waals surface area contributed by atoms with Gasteiger partial charge in [0.25, 0.3) is 11.8 Å². The van der Waals surface area contributed by atoms with Crippen LogP contribution in [0.25, 0.3) is 0 Å². The number of phenolic OH excluding ortho intramolecular Hbond substituents is 1. The maximum absolute atomic E-state index is 13.0. The van der Waals surface area contributed by atoms with Gasteiger partial charge in [0.15, 0.2) is 5.71 Å². The maximum atomic E-state index is 13.0. The standard InChI is InChI=1S/C22H16BrN3O3/c23-15-10-11-19(27)17(12-15)21(28)25-24-20-16-8-4-5-9-18(16)26(22(20)29)13-14-6-2-1-3-7-14/h1-12,27H,13H2,(H,25,28)/b24-20-. The first kappa shape index (κ1) is 18.9. The number of benzene rings is 3. The van der Waals surface area contributed by atoms with E-state index in [0.717, 1.165) is 11.3 Å². The molecule has 3 aromatic carbocycles. The Labute approximate surface area is 175 Å². The van der Waals surface area contributed by atoms with Crippen LogP contribution in [0.15, 0.2) is 82.4 Å². The molecule has 0 fully saturated rings. The van der Waals surface area contributed by atoms with Gasteiger partial charge < -0.3 is 10.0 Å². The van der Waals surface area contributed by atoms with E-state index in [1.54, 1.807) is 17.0 Å². The fourth-order valence-corrected chi connectivity index (χ4v) is 3.51. The molecule has 2 N–H and O–H groups in total. The zero-order chi connectivity index (χ0) is 20.4. The molecule has 6 nitrogen and oxygen atoms in total. The van der Waals surface area contributed by atoms with Gasteiger partial charge in [-0.2, -0.15) is 5.10 Å². The van der Waals surface area contributed by atoms with Crippen LogP contribution in [-0.4, -0.2) is 22.6 Å². The van der Waals surface area contributed by atoms with Crippen molar-refractivity contribution in [1.82, 2.24) is 5.43 Å². The quantitative estimate of drug-likeness (QED) is 0.593. The van der Waals surface area contributed by atoms with Crippen LogP contribution in [-0.2, 0) is 11.3 Å². The summed E-state index contributed by atoms with van der Waals surface area (Å²) in [6, 6.07) is 21.5. The summed E-state index contributed by atoms with van der Waals surface area (Å²) in [4.78, 5) is 27.1. The lowest BCUT2D eigenvalue weighted by atomic mass is 10.1. The van der Waals surface area contributed by atoms with Crippen molar-refractivity contribution in [1.29, 1.82) is 0 Å². The smallest absolute Gasteiger partial charge is 0.279 e. The molecule has 1 aliphatic heterocycles. The number of hydrazone groups is 1. The average molecular weight is 450 g/mol. The van der Waals surface area contributed by atoms with Crippen LogP contribution in [0, 0.1) is 0 Å². The Morgan fingerprint density at radius 3 is 2.55 bits per heavy atom. The molecular weight excluding hydrogens is 434 g/mol. The number of halogens is 1. The second-order valence-corrected chi connectivity index (χ2v) is 7.37. The largest absolute Gasteiger partial charge is 0.507 e. The molecule has 2 amide bonds. The second-order valence-electron chi connectivity index (χ2n) is 6.46. The predicted octanol–water partition coefficient (Wildman–Crippen LogP) is 3.84. The van der Waals surface area contributed by atoms with E-state index in [1.807, 2.05) is 48.5 Å². The molecule has 29 heavy (non-hydrogen) atoms. The van der Waals surface area contributed by atoms with E-state index in [0.29, 0.717) is 16.6 Å². The molecular formula is C22H16BrN3O3. The molecule has 0 saturated carbocycles. The van der Waals surface area contributed by atoms with Crippen molar-refractivity contribution in [3.8, 4) is 5.75 Å². The molecule has 4 rings (SSSR count). The first-order valence-electron chi connectivity index (χ1n) is 8.86. The third-order valence-electron chi connectivity index (χ3n) is 4.55. The Morgan fingerprint density at radius 1 is 1.03 bits per heavy atom. The molecule has 0 aromatic heterocycles. The number of fused-ring (bicyclic) bond motifs is 1. The van der Waals surface area contributed by atoms with Crippen molar-refractivity contribution in [2.24, 2.45) is 5.10 Å². The van der Waals surface area contributed by atoms with Gasteiger partial charge in [-0.1, -0.05) is 64.5 Å². The van der Waals surface area contributed by atoms with E-state index in [-0.39, 0.29) is 22.9 Å². The molecule has 0 saturated heterocycles. The molecule has 0 radical (unpaired) electrons. The number of rotatable bonds is 4. The average Bonchev–Trinajstić information content (AvgIpc) is 3.00. The van der Waals surface area contributed by atoms with Crippen LogP contribution < -0.4 is 10.3 Å². The summed E-state index contributed by atoms with van der Waals surface area (Å²) in [5.41, 5.74) is 4.96. The number of nitrogens with zero attached hydrogens (tertiary/aromatic N) is 2. The summed E-state index contributed by atoms with van der Waals surface area (Å²) in [5.74, 6) is -1.08. The number of anilines is 1. The minimum Gasteiger partial charge on any atom is -0.507 e. The van der Waals surface area contributed by atoms with E-state index in [1.165, 1.54) is 12.1 Å². The Balaban J connectivity index is 1.63. The number of amides is 2. The van der Waals surface area contributed by atoms with Crippen molar-refractivity contribution >= 4 is 39.1 Å². The second kappa shape index (κ2) is 7.89. The van der Waals surface area contributed by atoms with Gasteiger partial charge in [0, 0.05) is 10.0 Å². The van der Waals surface area contributed by atoms with E-state index < -0.39 is 5.91 Å². The zero-order valence-corrected chi connectivity index (χ0v) is 16.8. The summed E-state index contributed by atoms with van der Waals surface area (Å²) >= 11 is 3.26. The van der Waals surface area contributed by atoms with Crippen LogP contribution >= 0.6 is 15.9 Å². The van der Waals surface area contributed by atoms with Crippen LogP contribution in [0.2, 0.25) is 0 Å². The fourth-order valence-electron chi connectivity index (χ4n) is 3.15. The number of aromatic hydroxyl groups is 1. The maximum Gasteiger partial charge on any atom is 0.279 e. The normalized spacial score (nSPS) is 14.2. The highest BCUT2D eigenvalue weighted by Crippen LogP contribution is 2.30. The van der Waals surface area contributed by atoms with Gasteiger partial charge in [-0.3, -0.25) is 9.59 Å². The van der Waals surface area contributed by atoms with Crippen LogP contribution in [0.5, 0.6) is 5.75 Å². The van der Waals surface area contributed by atoms with Gasteiger partial charge in [0.1, 0.15) is 5.75 Å². The van der Waals surface area contributed by atoms with Gasteiger partial charge in [-0.05, 0) is 29.8 Å². The molecule has 0 bridgehead atoms. The zero-order valence-electron chi connectivity index (χ0n) is 15.2. The van der Waals surface area contributed by atoms with E-state index in [9.17, 15) is 14.7 Å². The highest BCUT2D eigenvalue weighted by molar-refractivity contribution is 9.10. The van der Waals surface area contributed by atoms with Gasteiger partial charge in [-0.25, -0.2) is 5.43 Å². The molecule has 0 atom stereocenters. The number of hydrogen-bond donors (Lipinski definition) is 2. The molecule has 0 unspecified atom stereocenters. The Hall–Kier alpha value is -3.45. The lowest BCUT2D eigenvalue weighted by Gasteiger charge is -2.16. The van der Waals surface area contributed by atoms with Gasteiger partial charge in [-0.15, -0.1) is 0 Å². The molecule has 7 heteroatoms. The van der Waals surface area contributed by atoms with Gasteiger partial charge in [0.05, 0.1) is 17.8 Å². The van der Waals surface area contributed by atoms with Gasteiger partial charge >= 0.3 is 0 Å². The summed E-state index contributed by atoms with van der Waals surface area (Å²) < 4.78 is 0.643. The summed E-state index contributed by atoms with van der Waals surface area (Å²) in [6.07, 6.45) is 0. The summed E-state index contributed by atoms with van der Waals surface area (Å²) in [6.45, 7) is 0.399. The number of nitrogens with one attached hydrogen (secondary N) is 1. The van der Waals surface area contributed by atoms with Crippen LogP contribution in [0.3, 0.4) is 0 Å². The minimum atomic E-state index is -0.608. The predicted molar refractivity (Wildman–Crippen MR) is 114 cm³/mol. The monoisotopic (exact) mass is 449 g/mol. The van der Waals surface area contributed by atoms with E-state index in [2.05, 4.69) is 26.5 Å². The third-order valence-corrected chi connectivity index (χ3v) is 5.05. The van der Waals surface area contributed by atoms with Gasteiger partial charge in [0.2, 0.25) is 0 Å². The number of carbonyl (C=O) groups is 2. The molecule has 1 heterocycles. The van der Waals surface area contributed by atoms with E-state index >= 15 is 0 Å². The van der Waals surface area contributed by atoms with Crippen molar-refractivity contribution in [2.45, 2.75) is 6.54 Å². The molecule has 1 aliphatic rings. The van der Waals surface area contributed by atoms with Crippen molar-refractivity contribution in [3.63, 3.8) is 0 Å². The number of carbonyl (C=O) groups excluding carboxylic acids is 2. The molecule has 0 spiro atoms. The van der Waals surface area contributed by atoms with Crippen molar-refractivity contribution < 1.29 is 14.7 Å². The lowest BCUT2D eigenvalue weighted by Crippen LogP contribution is -2.31. The number of hydrogen-bond acceptors (Lipinski definition) is 4. The topological polar surface area (TPSA) is 82.0 Å². The van der Waals surface area contributed by atoms with Crippen LogP contribution in [0.1, 0.15) is 21.5 Å².